The summed E-state index contributed by atoms with van der Waals surface area (Å²) < 4.78 is 44.0. The van der Waals surface area contributed by atoms with Gasteiger partial charge in [0.25, 0.3) is 0 Å². The molecule has 0 saturated heterocycles. The van der Waals surface area contributed by atoms with E-state index >= 15 is 4.39 Å². The van der Waals surface area contributed by atoms with Crippen molar-refractivity contribution in [2.45, 2.75) is 18.9 Å². The van der Waals surface area contributed by atoms with Gasteiger partial charge in [0.1, 0.15) is 40.9 Å². The van der Waals surface area contributed by atoms with E-state index in [0.29, 0.717) is 37.3 Å². The molecule has 2 aromatic carbocycles. The van der Waals surface area contributed by atoms with Gasteiger partial charge in [-0.25, -0.2) is 8.78 Å². The van der Waals surface area contributed by atoms with Crippen molar-refractivity contribution in [3.8, 4) is 29.0 Å². The van der Waals surface area contributed by atoms with Crippen molar-refractivity contribution in [2.24, 2.45) is 0 Å². The Morgan fingerprint density at radius 2 is 2.05 bits per heavy atom. The minimum atomic E-state index is -0.749. The van der Waals surface area contributed by atoms with E-state index in [4.69, 9.17) is 31.8 Å². The Hall–Kier alpha value is -3.72. The Morgan fingerprint density at radius 3 is 2.83 bits per heavy atom. The Morgan fingerprint density at radius 1 is 1.23 bits per heavy atom. The molecule has 0 amide bonds. The van der Waals surface area contributed by atoms with Crippen LogP contribution in [0.2, 0.25) is 5.02 Å². The zero-order valence-corrected chi connectivity index (χ0v) is 23.4. The van der Waals surface area contributed by atoms with E-state index in [0.717, 1.165) is 17.8 Å². The van der Waals surface area contributed by atoms with Gasteiger partial charge in [-0.1, -0.05) is 29.8 Å². The first-order valence-corrected chi connectivity index (χ1v) is 14.0. The van der Waals surface area contributed by atoms with E-state index in [1.807, 2.05) is 30.0 Å². The number of ether oxygens (including phenoxy) is 2. The van der Waals surface area contributed by atoms with Crippen molar-refractivity contribution in [2.75, 3.05) is 51.0 Å². The quantitative estimate of drug-likeness (QED) is 0.305. The SMILES string of the molecule is CN(C)CC1CC=CCCN2CCOc3c(Cl)c(-c4ccc(F)c5sc(N)c(C#N)c45)c(F)c4nc(nc2c34)O1. The van der Waals surface area contributed by atoms with Gasteiger partial charge in [-0.2, -0.15) is 15.2 Å². The third-order valence-corrected chi connectivity index (χ3v) is 8.41. The zero-order chi connectivity index (χ0) is 28.1. The van der Waals surface area contributed by atoms with E-state index < -0.39 is 11.6 Å². The first kappa shape index (κ1) is 26.5. The molecule has 2 aliphatic heterocycles. The van der Waals surface area contributed by atoms with Crippen molar-refractivity contribution in [1.82, 2.24) is 14.9 Å². The summed E-state index contributed by atoms with van der Waals surface area (Å²) in [6.45, 7) is 2.00. The topological polar surface area (TPSA) is 101 Å². The lowest BCUT2D eigenvalue weighted by molar-refractivity contribution is 0.150. The molecule has 1 atom stereocenters. The van der Waals surface area contributed by atoms with Crippen LogP contribution in [-0.4, -0.2) is 61.3 Å². The normalized spacial score (nSPS) is 17.0. The molecule has 0 radical (unpaired) electrons. The molecule has 2 aromatic heterocycles. The summed E-state index contributed by atoms with van der Waals surface area (Å²) in [6.07, 6.45) is 5.32. The minimum absolute atomic E-state index is 0.0124. The van der Waals surface area contributed by atoms with Crippen LogP contribution in [0.5, 0.6) is 11.8 Å². The van der Waals surface area contributed by atoms with Crippen LogP contribution in [-0.2, 0) is 0 Å². The van der Waals surface area contributed by atoms with Crippen LogP contribution in [0, 0.1) is 23.0 Å². The second-order valence-electron chi connectivity index (χ2n) is 9.97. The molecule has 2 bridgehead atoms. The number of fused-ring (bicyclic) bond motifs is 2. The van der Waals surface area contributed by atoms with E-state index in [1.165, 1.54) is 12.1 Å². The van der Waals surface area contributed by atoms with Gasteiger partial charge in [-0.15, -0.1) is 11.3 Å². The molecule has 12 heteroatoms. The predicted octanol–water partition coefficient (Wildman–Crippen LogP) is 5.75. The summed E-state index contributed by atoms with van der Waals surface area (Å²) in [5.41, 5.74) is 6.24. The average molecular weight is 583 g/mol. The van der Waals surface area contributed by atoms with Crippen LogP contribution in [0.3, 0.4) is 0 Å². The number of nitriles is 1. The zero-order valence-electron chi connectivity index (χ0n) is 21.8. The lowest BCUT2D eigenvalue weighted by Gasteiger charge is -2.24. The van der Waals surface area contributed by atoms with Gasteiger partial charge in [0.05, 0.1) is 27.2 Å². The van der Waals surface area contributed by atoms with Crippen molar-refractivity contribution in [3.05, 3.63) is 46.5 Å². The molecule has 6 rings (SSSR count). The van der Waals surface area contributed by atoms with Gasteiger partial charge < -0.3 is 25.0 Å². The Kier molecular flexibility index (Phi) is 6.86. The second-order valence-corrected chi connectivity index (χ2v) is 11.4. The van der Waals surface area contributed by atoms with Gasteiger partial charge >= 0.3 is 6.01 Å². The molecule has 0 saturated carbocycles. The number of anilines is 2. The highest BCUT2D eigenvalue weighted by molar-refractivity contribution is 7.23. The minimum Gasteiger partial charge on any atom is -0.489 e. The third-order valence-electron chi connectivity index (χ3n) is 7.02. The molecule has 4 aromatic rings. The summed E-state index contributed by atoms with van der Waals surface area (Å²) in [5, 5.41) is 10.5. The fourth-order valence-electron chi connectivity index (χ4n) is 5.29. The number of rotatable bonds is 3. The summed E-state index contributed by atoms with van der Waals surface area (Å²) in [5.74, 6) is -0.612. The lowest BCUT2D eigenvalue weighted by Crippen LogP contribution is -2.31. The molecule has 1 unspecified atom stereocenters. The van der Waals surface area contributed by atoms with Crippen LogP contribution >= 0.6 is 22.9 Å². The van der Waals surface area contributed by atoms with E-state index in [-0.39, 0.29) is 66.8 Å². The van der Waals surface area contributed by atoms with Gasteiger partial charge in [-0.05, 0) is 32.1 Å². The molecular weight excluding hydrogens is 558 g/mol. The van der Waals surface area contributed by atoms with Gasteiger partial charge in [0, 0.05) is 30.5 Å². The standard InChI is InChI=1S/C28H25ClF2N6O2S/c1-36(2)13-14-6-4-3-5-9-37-10-11-38-24-20-23(34-28(39-14)35-27(20)37)22(31)19(21(24)29)15-7-8-17(30)25-18(15)16(12-32)26(33)40-25/h3-4,7-8,14H,5-6,9-11,13,33H2,1-2H3. The maximum absolute atomic E-state index is 16.7. The highest BCUT2D eigenvalue weighted by Crippen LogP contribution is 2.50. The summed E-state index contributed by atoms with van der Waals surface area (Å²) in [4.78, 5) is 13.3. The van der Waals surface area contributed by atoms with Crippen molar-refractivity contribution >= 4 is 54.7 Å². The predicted molar refractivity (Wildman–Crippen MR) is 153 cm³/mol. The van der Waals surface area contributed by atoms with Gasteiger partial charge in [0.15, 0.2) is 11.6 Å². The molecule has 2 aliphatic rings. The molecule has 0 fully saturated rings. The summed E-state index contributed by atoms with van der Waals surface area (Å²) in [7, 11) is 3.89. The van der Waals surface area contributed by atoms with Crippen LogP contribution in [0.4, 0.5) is 19.6 Å². The fraction of sp³-hybridized carbons (Fsp3) is 0.321. The molecule has 0 spiro atoms. The first-order chi connectivity index (χ1) is 19.3. The van der Waals surface area contributed by atoms with Crippen LogP contribution in [0.1, 0.15) is 18.4 Å². The fourth-order valence-corrected chi connectivity index (χ4v) is 6.57. The van der Waals surface area contributed by atoms with E-state index in [9.17, 15) is 9.65 Å². The van der Waals surface area contributed by atoms with Crippen molar-refractivity contribution in [3.63, 3.8) is 0 Å². The lowest BCUT2D eigenvalue weighted by atomic mass is 9.96. The van der Waals surface area contributed by atoms with Crippen molar-refractivity contribution in [1.29, 1.82) is 5.26 Å². The Balaban J connectivity index is 1.66. The number of thiophene rings is 1. The second kappa shape index (κ2) is 10.4. The largest absolute Gasteiger partial charge is 0.489 e. The summed E-state index contributed by atoms with van der Waals surface area (Å²) in [6, 6.07) is 4.68. The molecule has 2 N–H and O–H groups in total. The molecular formula is C28H25ClF2N6O2S. The van der Waals surface area contributed by atoms with Gasteiger partial charge in [-0.3, -0.25) is 0 Å². The Bertz CT molecular complexity index is 1730. The molecule has 8 nitrogen and oxygen atoms in total. The maximum Gasteiger partial charge on any atom is 0.319 e. The van der Waals surface area contributed by atoms with Gasteiger partial charge in [0.2, 0.25) is 0 Å². The van der Waals surface area contributed by atoms with Crippen LogP contribution in [0.25, 0.3) is 32.1 Å². The first-order valence-electron chi connectivity index (χ1n) is 12.8. The Labute approximate surface area is 238 Å². The molecule has 40 heavy (non-hydrogen) atoms. The number of nitrogens with zero attached hydrogens (tertiary/aromatic N) is 5. The molecule has 4 heterocycles. The number of benzene rings is 2. The summed E-state index contributed by atoms with van der Waals surface area (Å²) >= 11 is 7.83. The number of hydrogen-bond donors (Lipinski definition) is 1. The number of likely N-dealkylation sites (N-methyl/N-ethyl adjacent to an activating group) is 1. The number of nitrogen functional groups attached to an aromatic ring is 1. The van der Waals surface area contributed by atoms with Crippen LogP contribution < -0.4 is 20.1 Å². The number of hydrogen-bond acceptors (Lipinski definition) is 9. The number of nitrogens with two attached hydrogens (primary N) is 1. The number of halogens is 3. The van der Waals surface area contributed by atoms with Crippen LogP contribution in [0.15, 0.2) is 24.3 Å². The molecule has 206 valence electrons. The molecule has 0 aliphatic carbocycles. The smallest absolute Gasteiger partial charge is 0.319 e. The van der Waals surface area contributed by atoms with Crippen molar-refractivity contribution < 1.29 is 18.3 Å². The third kappa shape index (κ3) is 4.36. The maximum atomic E-state index is 16.7. The van der Waals surface area contributed by atoms with E-state index in [2.05, 4.69) is 17.1 Å². The highest BCUT2D eigenvalue weighted by atomic mass is 35.5. The number of aromatic nitrogens is 2. The monoisotopic (exact) mass is 582 g/mol. The van der Waals surface area contributed by atoms with E-state index in [1.54, 1.807) is 0 Å². The highest BCUT2D eigenvalue weighted by Gasteiger charge is 2.32. The average Bonchev–Trinajstić information content (AvgIpc) is 3.13.